The SMILES string of the molecule is CNC(CCCC(C)C)C1(C)CCCO1. The fraction of sp³-hybridized carbons (Fsp3) is 1.00. The molecule has 1 heterocycles. The first-order valence-electron chi connectivity index (χ1n) is 6.39. The van der Waals surface area contributed by atoms with E-state index < -0.39 is 0 Å². The molecule has 90 valence electrons. The molecule has 1 rings (SSSR count). The summed E-state index contributed by atoms with van der Waals surface area (Å²) in [5.41, 5.74) is 0.0890. The summed E-state index contributed by atoms with van der Waals surface area (Å²) in [6.07, 6.45) is 6.31. The van der Waals surface area contributed by atoms with Crippen LogP contribution in [0.5, 0.6) is 0 Å². The van der Waals surface area contributed by atoms with Crippen molar-refractivity contribution in [1.29, 1.82) is 0 Å². The molecule has 0 spiro atoms. The Morgan fingerprint density at radius 2 is 2.07 bits per heavy atom. The van der Waals surface area contributed by atoms with Crippen LogP contribution in [0.15, 0.2) is 0 Å². The summed E-state index contributed by atoms with van der Waals surface area (Å²) < 4.78 is 5.89. The number of ether oxygens (including phenoxy) is 1. The molecule has 0 aromatic rings. The highest BCUT2D eigenvalue weighted by molar-refractivity contribution is 4.91. The Kier molecular flexibility index (Phi) is 5.07. The second-order valence-corrected chi connectivity index (χ2v) is 5.43. The van der Waals surface area contributed by atoms with E-state index in [2.05, 4.69) is 33.1 Å². The van der Waals surface area contributed by atoms with Crippen molar-refractivity contribution in [1.82, 2.24) is 5.32 Å². The highest BCUT2D eigenvalue weighted by Crippen LogP contribution is 2.31. The fourth-order valence-electron chi connectivity index (χ4n) is 2.56. The lowest BCUT2D eigenvalue weighted by Crippen LogP contribution is -2.46. The van der Waals surface area contributed by atoms with Gasteiger partial charge in [-0.25, -0.2) is 0 Å². The van der Waals surface area contributed by atoms with Crippen LogP contribution < -0.4 is 5.32 Å². The third-order valence-electron chi connectivity index (χ3n) is 3.61. The molecule has 0 saturated carbocycles. The quantitative estimate of drug-likeness (QED) is 0.732. The number of nitrogens with one attached hydrogen (secondary N) is 1. The third kappa shape index (κ3) is 3.76. The Morgan fingerprint density at radius 1 is 1.33 bits per heavy atom. The highest BCUT2D eigenvalue weighted by atomic mass is 16.5. The average molecular weight is 213 g/mol. The summed E-state index contributed by atoms with van der Waals surface area (Å²) in [5, 5.41) is 3.43. The number of rotatable bonds is 6. The molecule has 2 atom stereocenters. The van der Waals surface area contributed by atoms with Crippen molar-refractivity contribution in [3.63, 3.8) is 0 Å². The van der Waals surface area contributed by atoms with E-state index >= 15 is 0 Å². The van der Waals surface area contributed by atoms with Crippen molar-refractivity contribution in [3.05, 3.63) is 0 Å². The zero-order valence-corrected chi connectivity index (χ0v) is 10.8. The highest BCUT2D eigenvalue weighted by Gasteiger charge is 2.36. The standard InChI is InChI=1S/C13H27NO/c1-11(2)7-5-8-12(14-4)13(3)9-6-10-15-13/h11-12,14H,5-10H2,1-4H3. The molecule has 2 nitrogen and oxygen atoms in total. The molecule has 1 fully saturated rings. The summed E-state index contributed by atoms with van der Waals surface area (Å²) in [7, 11) is 2.06. The maximum absolute atomic E-state index is 5.89. The predicted octanol–water partition coefficient (Wildman–Crippen LogP) is 2.97. The van der Waals surface area contributed by atoms with E-state index in [4.69, 9.17) is 4.74 Å². The molecule has 0 aliphatic carbocycles. The third-order valence-corrected chi connectivity index (χ3v) is 3.61. The van der Waals surface area contributed by atoms with E-state index in [-0.39, 0.29) is 5.60 Å². The predicted molar refractivity (Wildman–Crippen MR) is 65.1 cm³/mol. The van der Waals surface area contributed by atoms with Crippen molar-refractivity contribution < 1.29 is 4.74 Å². The average Bonchev–Trinajstić information content (AvgIpc) is 2.60. The molecule has 0 bridgehead atoms. The first-order valence-corrected chi connectivity index (χ1v) is 6.39. The van der Waals surface area contributed by atoms with E-state index in [1.165, 1.54) is 32.1 Å². The van der Waals surface area contributed by atoms with Gasteiger partial charge in [-0.2, -0.15) is 0 Å². The van der Waals surface area contributed by atoms with Gasteiger partial charge in [0.15, 0.2) is 0 Å². The second-order valence-electron chi connectivity index (χ2n) is 5.43. The van der Waals surface area contributed by atoms with Crippen LogP contribution in [0.25, 0.3) is 0 Å². The largest absolute Gasteiger partial charge is 0.374 e. The topological polar surface area (TPSA) is 21.3 Å². The zero-order chi connectivity index (χ0) is 11.3. The lowest BCUT2D eigenvalue weighted by Gasteiger charge is -2.33. The van der Waals surface area contributed by atoms with Gasteiger partial charge in [0.25, 0.3) is 0 Å². The second kappa shape index (κ2) is 5.86. The van der Waals surface area contributed by atoms with Gasteiger partial charge in [-0.15, -0.1) is 0 Å². The van der Waals surface area contributed by atoms with Gasteiger partial charge in [0, 0.05) is 12.6 Å². The van der Waals surface area contributed by atoms with Gasteiger partial charge in [0.1, 0.15) is 0 Å². The van der Waals surface area contributed by atoms with Crippen LogP contribution in [-0.4, -0.2) is 25.3 Å². The van der Waals surface area contributed by atoms with Crippen LogP contribution in [0.4, 0.5) is 0 Å². The van der Waals surface area contributed by atoms with Crippen molar-refractivity contribution in [2.45, 2.75) is 64.5 Å². The molecule has 0 aromatic heterocycles. The monoisotopic (exact) mass is 213 g/mol. The van der Waals surface area contributed by atoms with Crippen molar-refractivity contribution in [2.24, 2.45) is 5.92 Å². The molecule has 1 N–H and O–H groups in total. The van der Waals surface area contributed by atoms with Crippen LogP contribution in [-0.2, 0) is 4.74 Å². The molecule has 15 heavy (non-hydrogen) atoms. The van der Waals surface area contributed by atoms with Crippen LogP contribution in [0.3, 0.4) is 0 Å². The van der Waals surface area contributed by atoms with Crippen LogP contribution in [0, 0.1) is 5.92 Å². The minimum atomic E-state index is 0.0890. The molecular weight excluding hydrogens is 186 g/mol. The maximum Gasteiger partial charge on any atom is 0.0807 e. The van der Waals surface area contributed by atoms with Gasteiger partial charge in [-0.3, -0.25) is 0 Å². The van der Waals surface area contributed by atoms with Crippen molar-refractivity contribution in [3.8, 4) is 0 Å². The van der Waals surface area contributed by atoms with E-state index in [0.717, 1.165) is 12.5 Å². The number of likely N-dealkylation sites (N-methyl/N-ethyl adjacent to an activating group) is 1. The molecule has 0 amide bonds. The lowest BCUT2D eigenvalue weighted by atomic mass is 9.88. The Balaban J connectivity index is 2.34. The normalized spacial score (nSPS) is 28.6. The first kappa shape index (κ1) is 13.0. The molecule has 2 heteroatoms. The zero-order valence-electron chi connectivity index (χ0n) is 10.8. The van der Waals surface area contributed by atoms with E-state index in [0.29, 0.717) is 6.04 Å². The molecule has 0 radical (unpaired) electrons. The van der Waals surface area contributed by atoms with E-state index in [1.54, 1.807) is 0 Å². The van der Waals surface area contributed by atoms with E-state index in [1.807, 2.05) is 0 Å². The molecule has 1 saturated heterocycles. The van der Waals surface area contributed by atoms with Gasteiger partial charge in [-0.1, -0.05) is 26.7 Å². The van der Waals surface area contributed by atoms with Crippen LogP contribution in [0.2, 0.25) is 0 Å². The minimum absolute atomic E-state index is 0.0890. The van der Waals surface area contributed by atoms with Crippen molar-refractivity contribution >= 4 is 0 Å². The molecule has 1 aliphatic rings. The Hall–Kier alpha value is -0.0800. The van der Waals surface area contributed by atoms with Gasteiger partial charge in [0.05, 0.1) is 5.60 Å². The summed E-state index contributed by atoms with van der Waals surface area (Å²) in [6, 6.07) is 0.527. The van der Waals surface area contributed by atoms with Crippen molar-refractivity contribution in [2.75, 3.05) is 13.7 Å². The fourth-order valence-corrected chi connectivity index (χ4v) is 2.56. The molecular formula is C13H27NO. The number of hydrogen-bond donors (Lipinski definition) is 1. The lowest BCUT2D eigenvalue weighted by molar-refractivity contribution is -0.0126. The Bertz CT molecular complexity index is 173. The summed E-state index contributed by atoms with van der Waals surface area (Å²) in [4.78, 5) is 0. The first-order chi connectivity index (χ1) is 7.08. The molecule has 0 aromatic carbocycles. The Labute approximate surface area is 94.8 Å². The van der Waals surface area contributed by atoms with E-state index in [9.17, 15) is 0 Å². The van der Waals surface area contributed by atoms with Crippen LogP contribution in [0.1, 0.15) is 52.9 Å². The molecule has 2 unspecified atom stereocenters. The van der Waals surface area contributed by atoms with Gasteiger partial charge in [-0.05, 0) is 39.2 Å². The molecule has 1 aliphatic heterocycles. The van der Waals surface area contributed by atoms with Gasteiger partial charge >= 0.3 is 0 Å². The smallest absolute Gasteiger partial charge is 0.0807 e. The summed E-state index contributed by atoms with van der Waals surface area (Å²) in [6.45, 7) is 7.79. The summed E-state index contributed by atoms with van der Waals surface area (Å²) >= 11 is 0. The minimum Gasteiger partial charge on any atom is -0.374 e. The Morgan fingerprint density at radius 3 is 2.53 bits per heavy atom. The van der Waals surface area contributed by atoms with Gasteiger partial charge < -0.3 is 10.1 Å². The van der Waals surface area contributed by atoms with Gasteiger partial charge in [0.2, 0.25) is 0 Å². The number of hydrogen-bond acceptors (Lipinski definition) is 2. The van der Waals surface area contributed by atoms with Crippen LogP contribution >= 0.6 is 0 Å². The summed E-state index contributed by atoms with van der Waals surface area (Å²) in [5.74, 6) is 0.819. The maximum atomic E-state index is 5.89.